The van der Waals surface area contributed by atoms with Crippen LogP contribution in [0.3, 0.4) is 0 Å². The van der Waals surface area contributed by atoms with Crippen LogP contribution in [0, 0.1) is 18.8 Å². The molecule has 0 radical (unpaired) electrons. The van der Waals surface area contributed by atoms with Gasteiger partial charge in [0.2, 0.25) is 5.91 Å². The van der Waals surface area contributed by atoms with E-state index in [1.54, 1.807) is 22.3 Å². The van der Waals surface area contributed by atoms with Gasteiger partial charge in [0.15, 0.2) is 5.13 Å². The molecule has 1 saturated heterocycles. The number of anilines is 1. The van der Waals surface area contributed by atoms with E-state index < -0.39 is 12.1 Å². The summed E-state index contributed by atoms with van der Waals surface area (Å²) in [5.74, 6) is 0.0262. The van der Waals surface area contributed by atoms with Crippen LogP contribution in [0.5, 0.6) is 0 Å². The third-order valence-electron chi connectivity index (χ3n) is 7.49. The summed E-state index contributed by atoms with van der Waals surface area (Å²) in [4.78, 5) is 22.4. The summed E-state index contributed by atoms with van der Waals surface area (Å²) in [5.41, 5.74) is 1.82. The summed E-state index contributed by atoms with van der Waals surface area (Å²) in [6.45, 7) is 4.68. The number of carbonyl (C=O) groups excluding carboxylic acids is 1. The molecule has 0 atom stereocenters. The number of amides is 1. The van der Waals surface area contributed by atoms with Crippen molar-refractivity contribution in [3.63, 3.8) is 0 Å². The Bertz CT molecular complexity index is 1020. The van der Waals surface area contributed by atoms with Gasteiger partial charge in [0.25, 0.3) is 0 Å². The van der Waals surface area contributed by atoms with Gasteiger partial charge in [-0.15, -0.1) is 11.3 Å². The largest absolute Gasteiger partial charge is 0.395 e. The maximum atomic E-state index is 12.8. The van der Waals surface area contributed by atoms with E-state index in [2.05, 4.69) is 20.4 Å². The molecule has 0 spiro atoms. The maximum Gasteiger partial charge on any atom is 0.395 e. The van der Waals surface area contributed by atoms with Gasteiger partial charge >= 0.3 is 6.18 Å². The van der Waals surface area contributed by atoms with Gasteiger partial charge in [-0.2, -0.15) is 13.2 Å². The molecule has 1 aliphatic carbocycles. The lowest BCUT2D eigenvalue weighted by Crippen LogP contribution is -2.53. The molecule has 0 aromatic carbocycles. The molecule has 35 heavy (non-hydrogen) atoms. The lowest BCUT2D eigenvalue weighted by atomic mass is 9.84. The number of halogens is 3. The van der Waals surface area contributed by atoms with Crippen molar-refractivity contribution in [1.29, 1.82) is 0 Å². The molecular formula is C24H32F3N5O2S. The maximum absolute atomic E-state index is 12.8. The topological polar surface area (TPSA) is 74.5 Å². The van der Waals surface area contributed by atoms with E-state index in [1.165, 1.54) is 4.88 Å². The zero-order valence-corrected chi connectivity index (χ0v) is 20.8. The first-order valence-corrected chi connectivity index (χ1v) is 13.3. The minimum atomic E-state index is -4.11. The number of thiazole rings is 1. The number of hydrogen-bond acceptors (Lipinski definition) is 7. The first-order chi connectivity index (χ1) is 16.7. The summed E-state index contributed by atoms with van der Waals surface area (Å²) in [6, 6.07) is 2.02. The Hall–Kier alpha value is -2.14. The van der Waals surface area contributed by atoms with Crippen LogP contribution in [-0.2, 0) is 24.2 Å². The molecule has 7 nitrogen and oxygen atoms in total. The number of carbonyl (C=O) groups is 1. The minimum absolute atomic E-state index is 0.0106. The fourth-order valence-corrected chi connectivity index (χ4v) is 6.38. The summed E-state index contributed by atoms with van der Waals surface area (Å²) >= 11 is 1.56. The fourth-order valence-electron chi connectivity index (χ4n) is 5.30. The van der Waals surface area contributed by atoms with Crippen molar-refractivity contribution in [1.82, 2.24) is 20.4 Å². The minimum Gasteiger partial charge on any atom is -0.361 e. The van der Waals surface area contributed by atoms with Crippen LogP contribution < -0.4 is 10.2 Å². The van der Waals surface area contributed by atoms with Crippen LogP contribution in [0.2, 0.25) is 0 Å². The van der Waals surface area contributed by atoms with Crippen LogP contribution in [0.1, 0.15) is 54.1 Å². The van der Waals surface area contributed by atoms with Crippen LogP contribution in [-0.4, -0.2) is 59.3 Å². The predicted octanol–water partition coefficient (Wildman–Crippen LogP) is 4.10. The van der Waals surface area contributed by atoms with Crippen molar-refractivity contribution in [2.75, 3.05) is 31.1 Å². The lowest BCUT2D eigenvalue weighted by molar-refractivity contribution is -0.180. The molecule has 2 aromatic rings. The zero-order valence-electron chi connectivity index (χ0n) is 19.9. The smallest absolute Gasteiger partial charge is 0.361 e. The van der Waals surface area contributed by atoms with Crippen LogP contribution >= 0.6 is 11.3 Å². The van der Waals surface area contributed by atoms with Crippen LogP contribution in [0.25, 0.3) is 0 Å². The number of rotatable bonds is 7. The Balaban J connectivity index is 1.01. The zero-order chi connectivity index (χ0) is 24.6. The molecule has 2 aliphatic heterocycles. The molecule has 11 heteroatoms. The number of fused-ring (bicyclic) bond motifs is 1. The van der Waals surface area contributed by atoms with E-state index in [0.29, 0.717) is 11.7 Å². The van der Waals surface area contributed by atoms with E-state index in [0.717, 1.165) is 74.7 Å². The normalized spacial score (nSPS) is 23.7. The highest BCUT2D eigenvalue weighted by Crippen LogP contribution is 2.39. The third-order valence-corrected chi connectivity index (χ3v) is 8.71. The lowest BCUT2D eigenvalue weighted by Gasteiger charge is -2.39. The second-order valence-electron chi connectivity index (χ2n) is 10.2. The number of alkyl halides is 3. The first kappa shape index (κ1) is 24.5. The third kappa shape index (κ3) is 5.99. The standard InChI is InChI=1S/C24H32F3N5O2S/c1-15-10-19(34-30-15)11-22(33)28-18-4-2-16(3-5-18)6-8-31-9-7-21-20(14-31)29-23(35-21)32-12-17(13-32)24(25,26)27/h10,16-18H,2-9,11-14H2,1H3,(H,28,33)/t16-,18-. The van der Waals surface area contributed by atoms with Crippen molar-refractivity contribution in [3.8, 4) is 0 Å². The van der Waals surface area contributed by atoms with E-state index >= 15 is 0 Å². The van der Waals surface area contributed by atoms with Crippen LogP contribution in [0.15, 0.2) is 10.6 Å². The van der Waals surface area contributed by atoms with Gasteiger partial charge in [0.1, 0.15) is 5.76 Å². The van der Waals surface area contributed by atoms with Gasteiger partial charge in [-0.1, -0.05) is 5.16 Å². The molecule has 5 rings (SSSR count). The van der Waals surface area contributed by atoms with Gasteiger partial charge in [-0.25, -0.2) is 4.98 Å². The van der Waals surface area contributed by atoms with Gasteiger partial charge in [0, 0.05) is 43.2 Å². The molecule has 1 N–H and O–H groups in total. The molecule has 2 aromatic heterocycles. The van der Waals surface area contributed by atoms with Crippen molar-refractivity contribution >= 4 is 22.4 Å². The Labute approximate surface area is 207 Å². The highest BCUT2D eigenvalue weighted by Gasteiger charge is 2.48. The Kier molecular flexibility index (Phi) is 7.07. The number of nitrogens with one attached hydrogen (secondary N) is 1. The quantitative estimate of drug-likeness (QED) is 0.603. The van der Waals surface area contributed by atoms with E-state index in [-0.39, 0.29) is 31.5 Å². The molecule has 1 saturated carbocycles. The SMILES string of the molecule is Cc1cc(CC(=O)N[C@H]2CC[C@H](CCN3CCc4sc(N5CC(C(F)(F)F)C5)nc4C3)CC2)on1. The van der Waals surface area contributed by atoms with E-state index in [9.17, 15) is 18.0 Å². The monoisotopic (exact) mass is 511 g/mol. The van der Waals surface area contributed by atoms with Crippen molar-refractivity contribution in [3.05, 3.63) is 28.1 Å². The summed E-state index contributed by atoms with van der Waals surface area (Å²) in [6.07, 6.45) is 2.41. The molecule has 0 unspecified atom stereocenters. The van der Waals surface area contributed by atoms with Crippen molar-refractivity contribution < 1.29 is 22.5 Å². The molecule has 4 heterocycles. The molecule has 0 bridgehead atoms. The van der Waals surface area contributed by atoms with Gasteiger partial charge in [0.05, 0.1) is 23.7 Å². The molecular weight excluding hydrogens is 479 g/mol. The van der Waals surface area contributed by atoms with Gasteiger partial charge < -0.3 is 14.7 Å². The highest BCUT2D eigenvalue weighted by molar-refractivity contribution is 7.15. The first-order valence-electron chi connectivity index (χ1n) is 12.5. The van der Waals surface area contributed by atoms with E-state index in [4.69, 9.17) is 4.52 Å². The van der Waals surface area contributed by atoms with Crippen LogP contribution in [0.4, 0.5) is 18.3 Å². The Morgan fingerprint density at radius 1 is 1.26 bits per heavy atom. The molecule has 192 valence electrons. The Morgan fingerprint density at radius 2 is 2.03 bits per heavy atom. The number of hydrogen-bond donors (Lipinski definition) is 1. The highest BCUT2D eigenvalue weighted by atomic mass is 32.1. The van der Waals surface area contributed by atoms with E-state index in [1.807, 2.05) is 6.92 Å². The molecule has 2 fully saturated rings. The Morgan fingerprint density at radius 3 is 2.71 bits per heavy atom. The molecule has 1 amide bonds. The summed E-state index contributed by atoms with van der Waals surface area (Å²) in [7, 11) is 0. The fraction of sp³-hybridized carbons (Fsp3) is 0.708. The second-order valence-corrected chi connectivity index (χ2v) is 11.3. The predicted molar refractivity (Wildman–Crippen MR) is 126 cm³/mol. The summed E-state index contributed by atoms with van der Waals surface area (Å²) in [5, 5.41) is 7.70. The van der Waals surface area contributed by atoms with Gasteiger partial charge in [-0.05, 0) is 57.9 Å². The second kappa shape index (κ2) is 10.1. The number of aryl methyl sites for hydroxylation is 1. The average molecular weight is 512 g/mol. The molecule has 3 aliphatic rings. The average Bonchev–Trinajstić information content (AvgIpc) is 3.36. The van der Waals surface area contributed by atoms with Crippen molar-refractivity contribution in [2.24, 2.45) is 11.8 Å². The summed E-state index contributed by atoms with van der Waals surface area (Å²) < 4.78 is 43.5. The number of nitrogens with zero attached hydrogens (tertiary/aromatic N) is 4. The van der Waals surface area contributed by atoms with Crippen molar-refractivity contribution in [2.45, 2.75) is 70.6 Å². The number of aromatic nitrogens is 2. The van der Waals surface area contributed by atoms with Gasteiger partial charge in [-0.3, -0.25) is 9.69 Å².